The minimum absolute atomic E-state index is 0.0863. The van der Waals surface area contributed by atoms with Gasteiger partial charge in [-0.2, -0.15) is 0 Å². The minimum atomic E-state index is 0.0863. The van der Waals surface area contributed by atoms with Gasteiger partial charge in [-0.15, -0.1) is 0 Å². The van der Waals surface area contributed by atoms with E-state index in [4.69, 9.17) is 5.11 Å². The van der Waals surface area contributed by atoms with Crippen LogP contribution in [0.4, 0.5) is 0 Å². The number of unbranched alkanes of at least 4 members (excludes halogenated alkanes) is 1. The Morgan fingerprint density at radius 2 is 1.75 bits per heavy atom. The van der Waals surface area contributed by atoms with Crippen LogP contribution in [0.2, 0.25) is 0 Å². The molecule has 0 aromatic carbocycles. The van der Waals surface area contributed by atoms with Crippen LogP contribution in [0.25, 0.3) is 0 Å². The summed E-state index contributed by atoms with van der Waals surface area (Å²) in [6, 6.07) is 5.61. The van der Waals surface area contributed by atoms with Crippen molar-refractivity contribution in [1.29, 1.82) is 0 Å². The zero-order valence-corrected chi connectivity index (χ0v) is 9.45. The molecule has 82 valence electrons. The van der Waals surface area contributed by atoms with E-state index in [9.17, 15) is 0 Å². The molecule has 0 aliphatic heterocycles. The first-order chi connectivity index (χ1) is 7.86. The van der Waals surface area contributed by atoms with Gasteiger partial charge in [0.25, 0.3) is 0 Å². The first kappa shape index (κ1) is 12.3. The Hall–Kier alpha value is -1.77. The van der Waals surface area contributed by atoms with Crippen LogP contribution in [0.15, 0.2) is 18.2 Å². The number of aromatic nitrogens is 1. The van der Waals surface area contributed by atoms with E-state index in [1.54, 1.807) is 0 Å². The first-order valence-electron chi connectivity index (χ1n) is 5.42. The van der Waals surface area contributed by atoms with Crippen molar-refractivity contribution >= 4 is 0 Å². The second-order valence-corrected chi connectivity index (χ2v) is 3.24. The van der Waals surface area contributed by atoms with Crippen LogP contribution in [0.1, 0.15) is 37.6 Å². The molecule has 0 aliphatic carbocycles. The lowest BCUT2D eigenvalue weighted by molar-refractivity contribution is 0.305. The molecule has 1 rings (SSSR count). The molecule has 2 nitrogen and oxygen atoms in total. The smallest absolute Gasteiger partial charge is 0.114 e. The maximum atomic E-state index is 8.60. The largest absolute Gasteiger partial charge is 0.395 e. The van der Waals surface area contributed by atoms with Gasteiger partial charge in [0.15, 0.2) is 0 Å². The minimum Gasteiger partial charge on any atom is -0.395 e. The van der Waals surface area contributed by atoms with Crippen LogP contribution < -0.4 is 0 Å². The number of hydrogen-bond donors (Lipinski definition) is 1. The maximum Gasteiger partial charge on any atom is 0.114 e. The Morgan fingerprint density at radius 1 is 1.12 bits per heavy atom. The maximum absolute atomic E-state index is 8.60. The Balaban J connectivity index is 2.73. The van der Waals surface area contributed by atoms with Gasteiger partial charge < -0.3 is 5.11 Å². The normalized spacial score (nSPS) is 8.62. The SMILES string of the molecule is CCCC#Cc1cccc(C#CCCO)n1. The number of aliphatic hydroxyl groups is 1. The van der Waals surface area contributed by atoms with E-state index >= 15 is 0 Å². The predicted molar refractivity (Wildman–Crippen MR) is 64.6 cm³/mol. The molecule has 1 heterocycles. The third-order valence-corrected chi connectivity index (χ3v) is 1.79. The van der Waals surface area contributed by atoms with Gasteiger partial charge in [-0.1, -0.05) is 24.8 Å². The van der Waals surface area contributed by atoms with E-state index < -0.39 is 0 Å². The molecular formula is C14H15NO. The van der Waals surface area contributed by atoms with Crippen LogP contribution in [0, 0.1) is 23.7 Å². The summed E-state index contributed by atoms with van der Waals surface area (Å²) in [6.45, 7) is 2.18. The molecule has 0 fully saturated rings. The van der Waals surface area contributed by atoms with Crippen molar-refractivity contribution in [2.75, 3.05) is 6.61 Å². The van der Waals surface area contributed by atoms with Crippen molar-refractivity contribution < 1.29 is 5.11 Å². The van der Waals surface area contributed by atoms with Gasteiger partial charge in [-0.3, -0.25) is 0 Å². The number of hydrogen-bond acceptors (Lipinski definition) is 2. The Kier molecular flexibility index (Phi) is 5.78. The third-order valence-electron chi connectivity index (χ3n) is 1.79. The van der Waals surface area contributed by atoms with Crippen LogP contribution in [-0.2, 0) is 0 Å². The molecule has 1 N–H and O–H groups in total. The molecule has 0 saturated carbocycles. The molecule has 0 aliphatic rings. The highest BCUT2D eigenvalue weighted by atomic mass is 16.2. The second-order valence-electron chi connectivity index (χ2n) is 3.24. The van der Waals surface area contributed by atoms with E-state index in [0.29, 0.717) is 12.1 Å². The van der Waals surface area contributed by atoms with E-state index in [0.717, 1.165) is 18.5 Å². The average Bonchev–Trinajstić information content (AvgIpc) is 2.30. The molecule has 0 amide bonds. The van der Waals surface area contributed by atoms with Gasteiger partial charge >= 0.3 is 0 Å². The lowest BCUT2D eigenvalue weighted by atomic mass is 10.2. The molecule has 0 spiro atoms. The Bertz CT molecular complexity index is 404. The summed E-state index contributed by atoms with van der Waals surface area (Å²) in [4.78, 5) is 4.29. The topological polar surface area (TPSA) is 33.1 Å². The summed E-state index contributed by atoms with van der Waals surface area (Å²) in [6.07, 6.45) is 2.43. The first-order valence-corrected chi connectivity index (χ1v) is 5.42. The Labute approximate surface area is 96.7 Å². The van der Waals surface area contributed by atoms with E-state index in [-0.39, 0.29) is 6.61 Å². The highest BCUT2D eigenvalue weighted by molar-refractivity contribution is 5.34. The molecular weight excluding hydrogens is 198 g/mol. The van der Waals surface area contributed by atoms with Crippen molar-refractivity contribution in [3.05, 3.63) is 29.6 Å². The van der Waals surface area contributed by atoms with Crippen LogP contribution in [0.5, 0.6) is 0 Å². The number of rotatable bonds is 2. The van der Waals surface area contributed by atoms with Crippen LogP contribution in [0.3, 0.4) is 0 Å². The monoisotopic (exact) mass is 213 g/mol. The summed E-state index contributed by atoms with van der Waals surface area (Å²) in [5, 5.41) is 8.60. The number of nitrogens with zero attached hydrogens (tertiary/aromatic N) is 1. The van der Waals surface area contributed by atoms with Crippen molar-refractivity contribution in [3.8, 4) is 23.7 Å². The highest BCUT2D eigenvalue weighted by Crippen LogP contribution is 1.97. The fourth-order valence-electron chi connectivity index (χ4n) is 1.06. The van der Waals surface area contributed by atoms with Gasteiger partial charge in [0.2, 0.25) is 0 Å². The molecule has 0 saturated heterocycles. The predicted octanol–water partition coefficient (Wildman–Crippen LogP) is 1.97. The van der Waals surface area contributed by atoms with Gasteiger partial charge in [0, 0.05) is 12.8 Å². The van der Waals surface area contributed by atoms with Crippen LogP contribution in [-0.4, -0.2) is 16.7 Å². The number of aliphatic hydroxyl groups excluding tert-OH is 1. The summed E-state index contributed by atoms with van der Waals surface area (Å²) in [5.74, 6) is 11.8. The molecule has 0 atom stereocenters. The fourth-order valence-corrected chi connectivity index (χ4v) is 1.06. The van der Waals surface area contributed by atoms with Crippen molar-refractivity contribution in [1.82, 2.24) is 4.98 Å². The number of pyridine rings is 1. The van der Waals surface area contributed by atoms with Crippen molar-refractivity contribution in [2.24, 2.45) is 0 Å². The summed E-state index contributed by atoms with van der Waals surface area (Å²) in [7, 11) is 0. The van der Waals surface area contributed by atoms with Gasteiger partial charge in [-0.25, -0.2) is 4.98 Å². The summed E-state index contributed by atoms with van der Waals surface area (Å²) in [5.41, 5.74) is 1.46. The molecule has 0 radical (unpaired) electrons. The summed E-state index contributed by atoms with van der Waals surface area (Å²) >= 11 is 0. The van der Waals surface area contributed by atoms with E-state index in [1.807, 2.05) is 18.2 Å². The third kappa shape index (κ3) is 4.64. The average molecular weight is 213 g/mol. The van der Waals surface area contributed by atoms with E-state index in [2.05, 4.69) is 35.6 Å². The molecule has 1 aromatic rings. The lowest BCUT2D eigenvalue weighted by Gasteiger charge is -1.91. The second kappa shape index (κ2) is 7.51. The summed E-state index contributed by atoms with van der Waals surface area (Å²) < 4.78 is 0. The molecule has 2 heteroatoms. The van der Waals surface area contributed by atoms with Gasteiger partial charge in [0.05, 0.1) is 6.61 Å². The Morgan fingerprint density at radius 3 is 2.31 bits per heavy atom. The quantitative estimate of drug-likeness (QED) is 0.762. The van der Waals surface area contributed by atoms with Crippen molar-refractivity contribution in [3.63, 3.8) is 0 Å². The molecule has 16 heavy (non-hydrogen) atoms. The van der Waals surface area contributed by atoms with Crippen molar-refractivity contribution in [2.45, 2.75) is 26.2 Å². The standard InChI is InChI=1S/C14H15NO/c1-2-3-4-8-13-10-7-11-14(15-13)9-5-6-12-16/h7,10-11,16H,2-3,6,12H2,1H3. The zero-order chi connectivity index (χ0) is 11.6. The van der Waals surface area contributed by atoms with Gasteiger partial charge in [0.1, 0.15) is 11.4 Å². The zero-order valence-electron chi connectivity index (χ0n) is 9.45. The van der Waals surface area contributed by atoms with Gasteiger partial charge in [-0.05, 0) is 30.4 Å². The molecule has 0 bridgehead atoms. The van der Waals surface area contributed by atoms with E-state index in [1.165, 1.54) is 0 Å². The lowest BCUT2D eigenvalue weighted by Crippen LogP contribution is -1.87. The van der Waals surface area contributed by atoms with Crippen LogP contribution >= 0.6 is 0 Å². The molecule has 0 unspecified atom stereocenters. The highest BCUT2D eigenvalue weighted by Gasteiger charge is 1.90. The molecule has 1 aromatic heterocycles. The fraction of sp³-hybridized carbons (Fsp3) is 0.357.